The lowest BCUT2D eigenvalue weighted by Crippen LogP contribution is -2.34. The standard InChI is InChI=1S/C17H19BrN4O2/c1-20(9-12-8-19-21(2)10-12)17(24)13-6-16(23)22(11-13)15-5-3-4-14(18)7-15/h3-5,7-8,10,13H,6,9,11H2,1-2H3/t13-/m0/s1. The van der Waals surface area contributed by atoms with Gasteiger partial charge in [0.25, 0.3) is 0 Å². The Labute approximate surface area is 149 Å². The highest BCUT2D eigenvalue weighted by Crippen LogP contribution is 2.28. The first-order chi connectivity index (χ1) is 11.4. The van der Waals surface area contributed by atoms with Crippen molar-refractivity contribution in [3.8, 4) is 0 Å². The van der Waals surface area contributed by atoms with E-state index in [-0.39, 0.29) is 24.2 Å². The predicted molar refractivity (Wildman–Crippen MR) is 94.3 cm³/mol. The summed E-state index contributed by atoms with van der Waals surface area (Å²) < 4.78 is 2.62. The van der Waals surface area contributed by atoms with E-state index in [0.717, 1.165) is 15.7 Å². The Morgan fingerprint density at radius 3 is 2.92 bits per heavy atom. The molecule has 0 saturated carbocycles. The van der Waals surface area contributed by atoms with Gasteiger partial charge in [-0.25, -0.2) is 0 Å². The number of benzene rings is 1. The van der Waals surface area contributed by atoms with E-state index in [1.54, 1.807) is 27.7 Å². The van der Waals surface area contributed by atoms with Crippen molar-refractivity contribution in [1.82, 2.24) is 14.7 Å². The zero-order valence-electron chi connectivity index (χ0n) is 13.6. The van der Waals surface area contributed by atoms with Gasteiger partial charge in [-0.1, -0.05) is 22.0 Å². The number of aromatic nitrogens is 2. The van der Waals surface area contributed by atoms with E-state index >= 15 is 0 Å². The van der Waals surface area contributed by atoms with Crippen LogP contribution in [0.3, 0.4) is 0 Å². The fourth-order valence-electron chi connectivity index (χ4n) is 2.98. The molecule has 6 nitrogen and oxygen atoms in total. The number of aryl methyl sites for hydroxylation is 1. The highest BCUT2D eigenvalue weighted by molar-refractivity contribution is 9.10. The number of hydrogen-bond donors (Lipinski definition) is 0. The summed E-state index contributed by atoms with van der Waals surface area (Å²) in [6.07, 6.45) is 3.89. The quantitative estimate of drug-likeness (QED) is 0.803. The van der Waals surface area contributed by atoms with Crippen molar-refractivity contribution in [2.75, 3.05) is 18.5 Å². The molecule has 3 rings (SSSR count). The molecule has 2 amide bonds. The van der Waals surface area contributed by atoms with Crippen LogP contribution >= 0.6 is 15.9 Å². The lowest BCUT2D eigenvalue weighted by molar-refractivity contribution is -0.135. The minimum atomic E-state index is -0.307. The maximum Gasteiger partial charge on any atom is 0.228 e. The molecule has 0 unspecified atom stereocenters. The van der Waals surface area contributed by atoms with Gasteiger partial charge in [0.2, 0.25) is 11.8 Å². The van der Waals surface area contributed by atoms with Crippen LogP contribution in [0.25, 0.3) is 0 Å². The maximum atomic E-state index is 12.7. The first-order valence-electron chi connectivity index (χ1n) is 7.72. The van der Waals surface area contributed by atoms with Crippen molar-refractivity contribution in [1.29, 1.82) is 0 Å². The number of amides is 2. The molecule has 1 saturated heterocycles. The van der Waals surface area contributed by atoms with Gasteiger partial charge in [0.15, 0.2) is 0 Å². The molecule has 7 heteroatoms. The minimum absolute atomic E-state index is 0.00954. The van der Waals surface area contributed by atoms with Gasteiger partial charge in [-0.3, -0.25) is 14.3 Å². The number of hydrogen-bond acceptors (Lipinski definition) is 3. The van der Waals surface area contributed by atoms with Gasteiger partial charge in [-0.2, -0.15) is 5.10 Å². The molecule has 1 aliphatic rings. The average molecular weight is 391 g/mol. The Kier molecular flexibility index (Phi) is 4.71. The monoisotopic (exact) mass is 390 g/mol. The molecule has 1 aromatic carbocycles. The molecule has 24 heavy (non-hydrogen) atoms. The highest BCUT2D eigenvalue weighted by atomic mass is 79.9. The number of rotatable bonds is 4. The van der Waals surface area contributed by atoms with E-state index < -0.39 is 0 Å². The molecule has 2 heterocycles. The molecular weight excluding hydrogens is 372 g/mol. The van der Waals surface area contributed by atoms with Gasteiger partial charge >= 0.3 is 0 Å². The Balaban J connectivity index is 1.67. The predicted octanol–water partition coefficient (Wildman–Crippen LogP) is 2.19. The minimum Gasteiger partial charge on any atom is -0.341 e. The fraction of sp³-hybridized carbons (Fsp3) is 0.353. The lowest BCUT2D eigenvalue weighted by atomic mass is 10.1. The second-order valence-corrected chi connectivity index (χ2v) is 7.02. The number of halogens is 1. The van der Waals surface area contributed by atoms with Crippen LogP contribution in [0, 0.1) is 5.92 Å². The van der Waals surface area contributed by atoms with E-state index in [0.29, 0.717) is 13.1 Å². The molecule has 0 N–H and O–H groups in total. The summed E-state index contributed by atoms with van der Waals surface area (Å²) in [5.41, 5.74) is 1.79. The third-order valence-electron chi connectivity index (χ3n) is 4.15. The number of carbonyl (C=O) groups excluding carboxylic acids is 2. The van der Waals surface area contributed by atoms with E-state index in [1.807, 2.05) is 37.5 Å². The Morgan fingerprint density at radius 1 is 1.46 bits per heavy atom. The molecule has 1 aromatic heterocycles. The zero-order chi connectivity index (χ0) is 17.3. The molecule has 0 spiro atoms. The first-order valence-corrected chi connectivity index (χ1v) is 8.52. The zero-order valence-corrected chi connectivity index (χ0v) is 15.2. The molecular formula is C17H19BrN4O2. The molecule has 1 atom stereocenters. The summed E-state index contributed by atoms with van der Waals surface area (Å²) in [6, 6.07) is 7.57. The van der Waals surface area contributed by atoms with Crippen LogP contribution in [0.4, 0.5) is 5.69 Å². The molecule has 1 fully saturated rings. The number of carbonyl (C=O) groups is 2. The number of nitrogens with zero attached hydrogens (tertiary/aromatic N) is 4. The van der Waals surface area contributed by atoms with E-state index in [9.17, 15) is 9.59 Å². The lowest BCUT2D eigenvalue weighted by Gasteiger charge is -2.21. The van der Waals surface area contributed by atoms with Gasteiger partial charge in [0, 0.05) is 55.5 Å². The molecule has 126 valence electrons. The topological polar surface area (TPSA) is 58.4 Å². The summed E-state index contributed by atoms with van der Waals surface area (Å²) in [4.78, 5) is 28.3. The summed E-state index contributed by atoms with van der Waals surface area (Å²) in [6.45, 7) is 0.916. The van der Waals surface area contributed by atoms with E-state index in [4.69, 9.17) is 0 Å². The summed E-state index contributed by atoms with van der Waals surface area (Å²) in [7, 11) is 3.61. The molecule has 0 radical (unpaired) electrons. The van der Waals surface area contributed by atoms with E-state index in [2.05, 4.69) is 21.0 Å². The van der Waals surface area contributed by atoms with Gasteiger partial charge < -0.3 is 9.80 Å². The van der Waals surface area contributed by atoms with Crippen molar-refractivity contribution in [3.63, 3.8) is 0 Å². The molecule has 1 aliphatic heterocycles. The normalized spacial score (nSPS) is 17.4. The van der Waals surface area contributed by atoms with Gasteiger partial charge in [-0.15, -0.1) is 0 Å². The van der Waals surface area contributed by atoms with Crippen molar-refractivity contribution < 1.29 is 9.59 Å². The van der Waals surface area contributed by atoms with Crippen molar-refractivity contribution >= 4 is 33.4 Å². The Morgan fingerprint density at radius 2 is 2.25 bits per heavy atom. The van der Waals surface area contributed by atoms with Crippen LogP contribution in [-0.2, 0) is 23.2 Å². The largest absolute Gasteiger partial charge is 0.341 e. The van der Waals surface area contributed by atoms with Gasteiger partial charge in [0.1, 0.15) is 0 Å². The maximum absolute atomic E-state index is 12.7. The molecule has 0 bridgehead atoms. The van der Waals surface area contributed by atoms with Crippen LogP contribution < -0.4 is 4.90 Å². The Hall–Kier alpha value is -2.15. The van der Waals surface area contributed by atoms with Gasteiger partial charge in [0.05, 0.1) is 12.1 Å². The van der Waals surface area contributed by atoms with Crippen LogP contribution in [0.1, 0.15) is 12.0 Å². The van der Waals surface area contributed by atoms with Crippen molar-refractivity contribution in [2.45, 2.75) is 13.0 Å². The van der Waals surface area contributed by atoms with Crippen molar-refractivity contribution in [2.24, 2.45) is 13.0 Å². The average Bonchev–Trinajstić information content (AvgIpc) is 3.12. The SMILES string of the molecule is CN(Cc1cnn(C)c1)C(=O)[C@H]1CC(=O)N(c2cccc(Br)c2)C1. The van der Waals surface area contributed by atoms with E-state index in [1.165, 1.54) is 0 Å². The number of anilines is 1. The second kappa shape index (κ2) is 6.76. The third kappa shape index (κ3) is 3.51. The smallest absolute Gasteiger partial charge is 0.228 e. The van der Waals surface area contributed by atoms with Crippen LogP contribution in [0.15, 0.2) is 41.1 Å². The third-order valence-corrected chi connectivity index (χ3v) is 4.64. The van der Waals surface area contributed by atoms with Crippen LogP contribution in [0.5, 0.6) is 0 Å². The Bertz CT molecular complexity index is 773. The molecule has 0 aliphatic carbocycles. The second-order valence-electron chi connectivity index (χ2n) is 6.10. The van der Waals surface area contributed by atoms with Crippen molar-refractivity contribution in [3.05, 3.63) is 46.7 Å². The van der Waals surface area contributed by atoms with Crippen LogP contribution in [0.2, 0.25) is 0 Å². The first kappa shape index (κ1) is 16.7. The van der Waals surface area contributed by atoms with Crippen LogP contribution in [-0.4, -0.2) is 40.1 Å². The highest BCUT2D eigenvalue weighted by Gasteiger charge is 2.36. The summed E-state index contributed by atoms with van der Waals surface area (Å²) in [5.74, 6) is -0.330. The summed E-state index contributed by atoms with van der Waals surface area (Å²) in [5, 5.41) is 4.11. The molecule has 2 aromatic rings. The fourth-order valence-corrected chi connectivity index (χ4v) is 3.37. The summed E-state index contributed by atoms with van der Waals surface area (Å²) >= 11 is 3.41. The van der Waals surface area contributed by atoms with Gasteiger partial charge in [-0.05, 0) is 18.2 Å².